The molecule has 1 saturated heterocycles. The Labute approximate surface area is 194 Å². The van der Waals surface area contributed by atoms with Gasteiger partial charge in [0.1, 0.15) is 0 Å². The molecule has 2 aromatic carbocycles. The van der Waals surface area contributed by atoms with Gasteiger partial charge in [-0.15, -0.1) is 23.1 Å². The molecule has 8 heteroatoms. The minimum Gasteiger partial charge on any atom is -0.322 e. The summed E-state index contributed by atoms with van der Waals surface area (Å²) < 4.78 is 0. The molecule has 2 heterocycles. The van der Waals surface area contributed by atoms with Gasteiger partial charge in [0.05, 0.1) is 22.2 Å². The summed E-state index contributed by atoms with van der Waals surface area (Å²) in [7, 11) is 0. The first-order valence-corrected chi connectivity index (χ1v) is 12.3. The van der Waals surface area contributed by atoms with Crippen molar-refractivity contribution in [2.45, 2.75) is 42.2 Å². The zero-order chi connectivity index (χ0) is 22.6. The molecule has 2 N–H and O–H groups in total. The number of carbonyl (C=O) groups excluding carboxylic acids is 3. The fourth-order valence-electron chi connectivity index (χ4n) is 3.88. The fourth-order valence-corrected chi connectivity index (χ4v) is 5.49. The Balaban J connectivity index is 1.48. The summed E-state index contributed by atoms with van der Waals surface area (Å²) in [6, 6.07) is 14.8. The van der Waals surface area contributed by atoms with Crippen molar-refractivity contribution in [3.8, 4) is 0 Å². The Morgan fingerprint density at radius 3 is 2.66 bits per heavy atom. The Morgan fingerprint density at radius 2 is 1.97 bits per heavy atom. The Bertz CT molecular complexity index is 1130. The number of amides is 3. The van der Waals surface area contributed by atoms with Gasteiger partial charge in [-0.1, -0.05) is 31.2 Å². The number of aromatic nitrogens is 1. The second kappa shape index (κ2) is 9.67. The van der Waals surface area contributed by atoms with E-state index in [2.05, 4.69) is 15.6 Å². The van der Waals surface area contributed by atoms with Crippen LogP contribution in [0.3, 0.4) is 0 Å². The normalized spacial score (nSPS) is 18.3. The van der Waals surface area contributed by atoms with Crippen LogP contribution < -0.4 is 10.6 Å². The summed E-state index contributed by atoms with van der Waals surface area (Å²) >= 11 is 3.13. The Morgan fingerprint density at radius 1 is 1.19 bits per heavy atom. The molecular formula is C24H23N3O3S2. The van der Waals surface area contributed by atoms with Crippen LogP contribution >= 0.6 is 23.1 Å². The first kappa shape index (κ1) is 22.2. The van der Waals surface area contributed by atoms with Crippen LogP contribution in [-0.4, -0.2) is 22.7 Å². The van der Waals surface area contributed by atoms with Gasteiger partial charge in [-0.2, -0.15) is 0 Å². The maximum atomic E-state index is 13.0. The van der Waals surface area contributed by atoms with Crippen molar-refractivity contribution in [3.63, 3.8) is 0 Å². The smallest absolute Gasteiger partial charge is 0.256 e. The zero-order valence-electron chi connectivity index (χ0n) is 17.6. The van der Waals surface area contributed by atoms with Gasteiger partial charge in [-0.3, -0.25) is 19.7 Å². The number of imide groups is 1. The minimum atomic E-state index is -0.713. The van der Waals surface area contributed by atoms with Gasteiger partial charge in [0.25, 0.3) is 5.91 Å². The van der Waals surface area contributed by atoms with E-state index in [0.29, 0.717) is 36.3 Å². The van der Waals surface area contributed by atoms with Crippen LogP contribution in [0.15, 0.2) is 64.3 Å². The highest BCUT2D eigenvalue weighted by atomic mass is 32.2. The van der Waals surface area contributed by atoms with Crippen LogP contribution in [0.25, 0.3) is 0 Å². The molecule has 0 spiro atoms. The molecule has 1 aliphatic heterocycles. The number of hydrogen-bond acceptors (Lipinski definition) is 6. The molecule has 1 aromatic heterocycles. The Kier molecular flexibility index (Phi) is 6.72. The second-order valence-corrected chi connectivity index (χ2v) is 9.34. The average Bonchev–Trinajstić information content (AvgIpc) is 3.33. The minimum absolute atomic E-state index is 0.190. The van der Waals surface area contributed by atoms with E-state index in [0.717, 1.165) is 16.2 Å². The number of anilines is 1. The fraction of sp³-hybridized carbons (Fsp3) is 0.250. The number of piperidine rings is 1. The number of hydrogen-bond donors (Lipinski definition) is 2. The van der Waals surface area contributed by atoms with Crippen molar-refractivity contribution in [3.05, 3.63) is 76.2 Å². The number of thiazole rings is 1. The second-order valence-electron chi connectivity index (χ2n) is 7.61. The van der Waals surface area contributed by atoms with Gasteiger partial charge in [-0.25, -0.2) is 4.98 Å². The first-order chi connectivity index (χ1) is 15.5. The molecule has 1 aliphatic rings. The van der Waals surface area contributed by atoms with Gasteiger partial charge in [-0.05, 0) is 42.7 Å². The van der Waals surface area contributed by atoms with Crippen molar-refractivity contribution in [2.24, 2.45) is 0 Å². The standard InChI is InChI=1S/C24H23N3O3S2/c1-2-24(12-11-21(28)27-23(24)30)16-7-9-17(10-8-16)26-22(29)19-5-3-4-6-20(19)32-14-18-13-31-15-25-18/h3-10,13,15H,2,11-12,14H2,1H3,(H,26,29)(H,27,28,30). The lowest BCUT2D eigenvalue weighted by molar-refractivity contribution is -0.138. The molecule has 1 fully saturated rings. The van der Waals surface area contributed by atoms with Crippen molar-refractivity contribution in [2.75, 3.05) is 5.32 Å². The molecule has 4 rings (SSSR count). The number of nitrogens with one attached hydrogen (secondary N) is 2. The van der Waals surface area contributed by atoms with E-state index >= 15 is 0 Å². The summed E-state index contributed by atoms with van der Waals surface area (Å²) in [4.78, 5) is 42.3. The number of benzene rings is 2. The van der Waals surface area contributed by atoms with Crippen LogP contribution in [0.2, 0.25) is 0 Å². The zero-order valence-corrected chi connectivity index (χ0v) is 19.2. The molecule has 0 saturated carbocycles. The lowest BCUT2D eigenvalue weighted by Gasteiger charge is -2.35. The largest absolute Gasteiger partial charge is 0.322 e. The molecule has 0 aliphatic carbocycles. The molecule has 3 amide bonds. The van der Waals surface area contributed by atoms with E-state index in [4.69, 9.17) is 0 Å². The molecule has 0 radical (unpaired) electrons. The van der Waals surface area contributed by atoms with Crippen molar-refractivity contribution >= 4 is 46.5 Å². The third kappa shape index (κ3) is 4.61. The van der Waals surface area contributed by atoms with Gasteiger partial charge in [0, 0.05) is 28.1 Å². The maximum Gasteiger partial charge on any atom is 0.256 e. The number of rotatable bonds is 7. The molecule has 164 valence electrons. The topological polar surface area (TPSA) is 88.2 Å². The highest BCUT2D eigenvalue weighted by Crippen LogP contribution is 2.36. The van der Waals surface area contributed by atoms with Crippen LogP contribution in [0.4, 0.5) is 5.69 Å². The van der Waals surface area contributed by atoms with Gasteiger partial charge in [0.2, 0.25) is 11.8 Å². The maximum absolute atomic E-state index is 13.0. The van der Waals surface area contributed by atoms with Gasteiger partial charge >= 0.3 is 0 Å². The van der Waals surface area contributed by atoms with Crippen molar-refractivity contribution in [1.29, 1.82) is 0 Å². The molecule has 3 aromatic rings. The highest BCUT2D eigenvalue weighted by Gasteiger charge is 2.42. The third-order valence-corrected chi connectivity index (χ3v) is 7.50. The number of nitrogens with zero attached hydrogens (tertiary/aromatic N) is 1. The van der Waals surface area contributed by atoms with Crippen LogP contribution in [0, 0.1) is 0 Å². The molecule has 32 heavy (non-hydrogen) atoms. The van der Waals surface area contributed by atoms with E-state index in [1.807, 2.05) is 48.7 Å². The molecule has 1 unspecified atom stereocenters. The summed E-state index contributed by atoms with van der Waals surface area (Å²) in [5.41, 5.74) is 4.18. The Hall–Kier alpha value is -2.97. The molecule has 1 atom stereocenters. The third-order valence-electron chi connectivity index (χ3n) is 5.76. The summed E-state index contributed by atoms with van der Waals surface area (Å²) in [6.45, 7) is 1.95. The van der Waals surface area contributed by atoms with Gasteiger partial charge < -0.3 is 5.32 Å². The monoisotopic (exact) mass is 465 g/mol. The summed E-state index contributed by atoms with van der Waals surface area (Å²) in [5.74, 6) is 0.0327. The van der Waals surface area contributed by atoms with E-state index in [-0.39, 0.29) is 17.7 Å². The number of carbonyl (C=O) groups is 3. The SMILES string of the molecule is CCC1(c2ccc(NC(=O)c3ccccc3SCc3cscn3)cc2)CCC(=O)NC1=O. The van der Waals surface area contributed by atoms with Crippen molar-refractivity contribution < 1.29 is 14.4 Å². The van der Waals surface area contributed by atoms with Gasteiger partial charge in [0.15, 0.2) is 0 Å². The lowest BCUT2D eigenvalue weighted by Crippen LogP contribution is -2.51. The highest BCUT2D eigenvalue weighted by molar-refractivity contribution is 7.98. The molecule has 0 bridgehead atoms. The molecule has 6 nitrogen and oxygen atoms in total. The number of thioether (sulfide) groups is 1. The van der Waals surface area contributed by atoms with E-state index in [1.54, 1.807) is 40.7 Å². The summed E-state index contributed by atoms with van der Waals surface area (Å²) in [6.07, 6.45) is 1.41. The van der Waals surface area contributed by atoms with E-state index < -0.39 is 5.41 Å². The quantitative estimate of drug-likeness (QED) is 0.388. The van der Waals surface area contributed by atoms with E-state index in [9.17, 15) is 14.4 Å². The average molecular weight is 466 g/mol. The predicted molar refractivity (Wildman–Crippen MR) is 127 cm³/mol. The lowest BCUT2D eigenvalue weighted by atomic mass is 9.72. The predicted octanol–water partition coefficient (Wildman–Crippen LogP) is 4.77. The molecular weight excluding hydrogens is 442 g/mol. The van der Waals surface area contributed by atoms with Crippen LogP contribution in [0.1, 0.15) is 47.8 Å². The summed E-state index contributed by atoms with van der Waals surface area (Å²) in [5, 5.41) is 7.42. The van der Waals surface area contributed by atoms with Crippen LogP contribution in [-0.2, 0) is 20.8 Å². The van der Waals surface area contributed by atoms with Crippen molar-refractivity contribution in [1.82, 2.24) is 10.3 Å². The first-order valence-electron chi connectivity index (χ1n) is 10.4. The van der Waals surface area contributed by atoms with Crippen LogP contribution in [0.5, 0.6) is 0 Å². The van der Waals surface area contributed by atoms with E-state index in [1.165, 1.54) is 0 Å².